The zero-order valence-corrected chi connectivity index (χ0v) is 8.75. The fourth-order valence-electron chi connectivity index (χ4n) is 2.04. The molecule has 76 valence electrons. The molecule has 1 aromatic rings. The summed E-state index contributed by atoms with van der Waals surface area (Å²) in [7, 11) is 0. The highest BCUT2D eigenvalue weighted by atomic mass is 16.3. The van der Waals surface area contributed by atoms with Crippen molar-refractivity contribution >= 4 is 0 Å². The van der Waals surface area contributed by atoms with Crippen molar-refractivity contribution < 1.29 is 5.11 Å². The number of nitrogens with one attached hydrogen (secondary N) is 1. The lowest BCUT2D eigenvalue weighted by Crippen LogP contribution is -2.31. The van der Waals surface area contributed by atoms with Crippen LogP contribution < -0.4 is 5.32 Å². The molecule has 2 N–H and O–H groups in total. The number of aliphatic hydroxyl groups is 1. The van der Waals surface area contributed by atoms with Gasteiger partial charge in [0.15, 0.2) is 0 Å². The lowest BCUT2D eigenvalue weighted by Gasteiger charge is -2.28. The Morgan fingerprint density at radius 2 is 2.21 bits per heavy atom. The molecule has 2 nitrogen and oxygen atoms in total. The van der Waals surface area contributed by atoms with Crippen LogP contribution in [0, 0.1) is 0 Å². The van der Waals surface area contributed by atoms with Crippen LogP contribution in [-0.4, -0.2) is 11.7 Å². The van der Waals surface area contributed by atoms with E-state index in [1.54, 1.807) is 0 Å². The molecule has 0 spiro atoms. The summed E-state index contributed by atoms with van der Waals surface area (Å²) in [5.74, 6) is 0. The molecular formula is C12H17NO. The highest BCUT2D eigenvalue weighted by Crippen LogP contribution is 2.29. The zero-order valence-electron chi connectivity index (χ0n) is 8.75. The van der Waals surface area contributed by atoms with Crippen LogP contribution in [0.15, 0.2) is 18.2 Å². The lowest BCUT2D eigenvalue weighted by molar-refractivity contribution is 0.158. The Bertz CT molecular complexity index is 335. The molecule has 0 fully saturated rings. The Morgan fingerprint density at radius 3 is 2.93 bits per heavy atom. The van der Waals surface area contributed by atoms with Gasteiger partial charge in [0.2, 0.25) is 0 Å². The molecule has 0 saturated heterocycles. The minimum atomic E-state index is -0.340. The summed E-state index contributed by atoms with van der Waals surface area (Å²) in [6.45, 7) is 4.94. The van der Waals surface area contributed by atoms with E-state index in [0.29, 0.717) is 12.6 Å². The summed E-state index contributed by atoms with van der Waals surface area (Å²) in [4.78, 5) is 0. The molecule has 1 aromatic carbocycles. The molecule has 0 radical (unpaired) electrons. The summed E-state index contributed by atoms with van der Waals surface area (Å²) < 4.78 is 0. The van der Waals surface area contributed by atoms with Gasteiger partial charge >= 0.3 is 0 Å². The standard InChI is InChI=1S/C12H17NO/c1-3-9-4-5-10-8(2)13-7-12(14)11(10)6-9/h4-6,8,12-14H,3,7H2,1-2H3. The highest BCUT2D eigenvalue weighted by molar-refractivity contribution is 5.37. The van der Waals surface area contributed by atoms with Crippen molar-refractivity contribution in [1.29, 1.82) is 0 Å². The summed E-state index contributed by atoms with van der Waals surface area (Å²) in [6, 6.07) is 6.78. The van der Waals surface area contributed by atoms with Gasteiger partial charge in [-0.2, -0.15) is 0 Å². The molecule has 0 aliphatic carbocycles. The van der Waals surface area contributed by atoms with Crippen LogP contribution >= 0.6 is 0 Å². The molecule has 1 aliphatic rings. The largest absolute Gasteiger partial charge is 0.387 e. The van der Waals surface area contributed by atoms with Crippen molar-refractivity contribution in [2.45, 2.75) is 32.4 Å². The van der Waals surface area contributed by atoms with E-state index >= 15 is 0 Å². The number of fused-ring (bicyclic) bond motifs is 1. The van der Waals surface area contributed by atoms with Crippen molar-refractivity contribution in [2.75, 3.05) is 6.54 Å². The van der Waals surface area contributed by atoms with Crippen LogP contribution in [0.3, 0.4) is 0 Å². The second-order valence-electron chi connectivity index (χ2n) is 3.96. The number of β-amino-alcohol motifs (C(OH)–C–C–N with tert-alkyl or cyclic N) is 1. The first-order valence-electron chi connectivity index (χ1n) is 5.26. The third kappa shape index (κ3) is 1.56. The van der Waals surface area contributed by atoms with Gasteiger partial charge in [0.25, 0.3) is 0 Å². The number of hydrogen-bond donors (Lipinski definition) is 2. The maximum atomic E-state index is 9.84. The first kappa shape index (κ1) is 9.69. The van der Waals surface area contributed by atoms with Gasteiger partial charge in [0, 0.05) is 12.6 Å². The summed E-state index contributed by atoms with van der Waals surface area (Å²) >= 11 is 0. The normalized spacial score (nSPS) is 25.9. The first-order chi connectivity index (χ1) is 6.72. The molecule has 2 atom stereocenters. The van der Waals surface area contributed by atoms with Gasteiger partial charge in [-0.1, -0.05) is 25.1 Å². The molecule has 2 unspecified atom stereocenters. The molecule has 0 saturated carbocycles. The van der Waals surface area contributed by atoms with Crippen molar-refractivity contribution in [3.63, 3.8) is 0 Å². The van der Waals surface area contributed by atoms with E-state index in [2.05, 4.69) is 37.4 Å². The molecule has 0 amide bonds. The van der Waals surface area contributed by atoms with Gasteiger partial charge in [-0.05, 0) is 30.0 Å². The van der Waals surface area contributed by atoms with Gasteiger partial charge < -0.3 is 10.4 Å². The Morgan fingerprint density at radius 1 is 1.43 bits per heavy atom. The lowest BCUT2D eigenvalue weighted by atomic mass is 9.91. The second kappa shape index (κ2) is 3.71. The first-order valence-corrected chi connectivity index (χ1v) is 5.26. The van der Waals surface area contributed by atoms with E-state index in [9.17, 15) is 5.11 Å². The third-order valence-electron chi connectivity index (χ3n) is 3.00. The maximum absolute atomic E-state index is 9.84. The maximum Gasteiger partial charge on any atom is 0.0917 e. The second-order valence-corrected chi connectivity index (χ2v) is 3.96. The van der Waals surface area contributed by atoms with E-state index in [4.69, 9.17) is 0 Å². The predicted octanol–water partition coefficient (Wildman–Crippen LogP) is 1.95. The van der Waals surface area contributed by atoms with Crippen molar-refractivity contribution in [3.8, 4) is 0 Å². The van der Waals surface area contributed by atoms with E-state index in [-0.39, 0.29) is 6.10 Å². The van der Waals surface area contributed by atoms with Crippen LogP contribution in [0.5, 0.6) is 0 Å². The van der Waals surface area contributed by atoms with Crippen molar-refractivity contribution in [3.05, 3.63) is 34.9 Å². The van der Waals surface area contributed by atoms with E-state index in [1.807, 2.05) is 0 Å². The minimum Gasteiger partial charge on any atom is -0.387 e. The monoisotopic (exact) mass is 191 g/mol. The molecule has 0 aromatic heterocycles. The molecule has 2 heteroatoms. The van der Waals surface area contributed by atoms with Crippen molar-refractivity contribution in [1.82, 2.24) is 5.32 Å². The average molecular weight is 191 g/mol. The molecule has 2 rings (SSSR count). The predicted molar refractivity (Wildman–Crippen MR) is 57.2 cm³/mol. The number of benzene rings is 1. The summed E-state index contributed by atoms with van der Waals surface area (Å²) in [5.41, 5.74) is 3.65. The Hall–Kier alpha value is -0.860. The SMILES string of the molecule is CCc1ccc2c(c1)C(O)CNC2C. The van der Waals surface area contributed by atoms with Gasteiger partial charge in [0.1, 0.15) is 0 Å². The smallest absolute Gasteiger partial charge is 0.0917 e. The van der Waals surface area contributed by atoms with Gasteiger partial charge in [-0.25, -0.2) is 0 Å². The fourth-order valence-corrected chi connectivity index (χ4v) is 2.04. The Kier molecular flexibility index (Phi) is 2.57. The number of rotatable bonds is 1. The molecule has 14 heavy (non-hydrogen) atoms. The average Bonchev–Trinajstić information content (AvgIpc) is 2.23. The third-order valence-corrected chi connectivity index (χ3v) is 3.00. The summed E-state index contributed by atoms with van der Waals surface area (Å²) in [6.07, 6.45) is 0.689. The molecule has 0 bridgehead atoms. The van der Waals surface area contributed by atoms with Gasteiger partial charge in [-0.15, -0.1) is 0 Å². The van der Waals surface area contributed by atoms with E-state index < -0.39 is 0 Å². The van der Waals surface area contributed by atoms with E-state index in [0.717, 1.165) is 12.0 Å². The van der Waals surface area contributed by atoms with Gasteiger partial charge in [0.05, 0.1) is 6.10 Å². The zero-order chi connectivity index (χ0) is 10.1. The Labute approximate surface area is 85.0 Å². The molecule has 1 aliphatic heterocycles. The minimum absolute atomic E-state index is 0.340. The number of aryl methyl sites for hydroxylation is 1. The van der Waals surface area contributed by atoms with Crippen LogP contribution in [0.4, 0.5) is 0 Å². The van der Waals surface area contributed by atoms with Crippen molar-refractivity contribution in [2.24, 2.45) is 0 Å². The van der Waals surface area contributed by atoms with E-state index in [1.165, 1.54) is 11.1 Å². The molecule has 1 heterocycles. The van der Waals surface area contributed by atoms with Crippen LogP contribution in [0.2, 0.25) is 0 Å². The highest BCUT2D eigenvalue weighted by Gasteiger charge is 2.22. The number of hydrogen-bond acceptors (Lipinski definition) is 2. The topological polar surface area (TPSA) is 32.3 Å². The quantitative estimate of drug-likeness (QED) is 0.711. The number of aliphatic hydroxyl groups excluding tert-OH is 1. The van der Waals surface area contributed by atoms with Gasteiger partial charge in [-0.3, -0.25) is 0 Å². The molecular weight excluding hydrogens is 174 g/mol. The summed E-state index contributed by atoms with van der Waals surface area (Å²) in [5, 5.41) is 13.1. The van der Waals surface area contributed by atoms with Crippen LogP contribution in [0.1, 0.15) is 42.7 Å². The van der Waals surface area contributed by atoms with Crippen LogP contribution in [-0.2, 0) is 6.42 Å². The Balaban J connectivity index is 2.45. The fraction of sp³-hybridized carbons (Fsp3) is 0.500. The van der Waals surface area contributed by atoms with Crippen LogP contribution in [0.25, 0.3) is 0 Å².